The van der Waals surface area contributed by atoms with Gasteiger partial charge in [0, 0.05) is 25.6 Å². The van der Waals surface area contributed by atoms with Crippen molar-refractivity contribution in [2.24, 2.45) is 11.7 Å². The van der Waals surface area contributed by atoms with Gasteiger partial charge in [-0.3, -0.25) is 4.79 Å². The molecule has 1 aliphatic heterocycles. The van der Waals surface area contributed by atoms with Crippen molar-refractivity contribution >= 4 is 18.3 Å². The third-order valence-electron chi connectivity index (χ3n) is 3.97. The highest BCUT2D eigenvalue weighted by Gasteiger charge is 2.26. The molecule has 0 spiro atoms. The number of hydrogen-bond donors (Lipinski definition) is 2. The van der Waals surface area contributed by atoms with Crippen molar-refractivity contribution in [2.75, 3.05) is 13.2 Å². The van der Waals surface area contributed by atoms with Crippen molar-refractivity contribution in [3.63, 3.8) is 0 Å². The van der Waals surface area contributed by atoms with Gasteiger partial charge in [0.1, 0.15) is 0 Å². The monoisotopic (exact) mass is 276 g/mol. The number of carbonyl (C=O) groups excluding carboxylic acids is 1. The van der Waals surface area contributed by atoms with Gasteiger partial charge in [-0.2, -0.15) is 0 Å². The van der Waals surface area contributed by atoms with E-state index >= 15 is 0 Å². The summed E-state index contributed by atoms with van der Waals surface area (Å²) in [7, 11) is 0. The zero-order valence-electron chi connectivity index (χ0n) is 10.9. The van der Waals surface area contributed by atoms with E-state index in [0.29, 0.717) is 18.9 Å². The molecule has 3 atom stereocenters. The van der Waals surface area contributed by atoms with E-state index in [9.17, 15) is 4.79 Å². The van der Waals surface area contributed by atoms with Crippen molar-refractivity contribution < 1.29 is 9.53 Å². The van der Waals surface area contributed by atoms with Crippen molar-refractivity contribution in [1.82, 2.24) is 5.32 Å². The van der Waals surface area contributed by atoms with Crippen LogP contribution < -0.4 is 11.1 Å². The lowest BCUT2D eigenvalue weighted by Gasteiger charge is -2.23. The summed E-state index contributed by atoms with van der Waals surface area (Å²) in [5.41, 5.74) is 5.96. The van der Waals surface area contributed by atoms with Gasteiger partial charge in [0.05, 0.1) is 6.10 Å². The molecule has 2 fully saturated rings. The largest absolute Gasteiger partial charge is 0.376 e. The topological polar surface area (TPSA) is 64.4 Å². The Labute approximate surface area is 115 Å². The van der Waals surface area contributed by atoms with Crippen LogP contribution in [0.1, 0.15) is 44.9 Å². The second kappa shape index (κ2) is 7.97. The highest BCUT2D eigenvalue weighted by Crippen LogP contribution is 2.26. The van der Waals surface area contributed by atoms with Crippen LogP contribution in [0.3, 0.4) is 0 Å². The number of nitrogens with one attached hydrogen (secondary N) is 1. The Morgan fingerprint density at radius 1 is 1.22 bits per heavy atom. The van der Waals surface area contributed by atoms with E-state index in [1.165, 1.54) is 12.8 Å². The number of rotatable bonds is 4. The maximum Gasteiger partial charge on any atom is 0.220 e. The zero-order chi connectivity index (χ0) is 12.1. The van der Waals surface area contributed by atoms with E-state index in [1.54, 1.807) is 0 Å². The van der Waals surface area contributed by atoms with Crippen molar-refractivity contribution in [1.29, 1.82) is 0 Å². The molecule has 1 amide bonds. The number of ether oxygens (including phenoxy) is 1. The minimum atomic E-state index is 0. The lowest BCUT2D eigenvalue weighted by Crippen LogP contribution is -2.37. The predicted molar refractivity (Wildman–Crippen MR) is 73.8 cm³/mol. The van der Waals surface area contributed by atoms with Crippen molar-refractivity contribution in [3.8, 4) is 0 Å². The summed E-state index contributed by atoms with van der Waals surface area (Å²) in [6, 6.07) is 0.228. The molecule has 0 radical (unpaired) electrons. The van der Waals surface area contributed by atoms with Crippen molar-refractivity contribution in [2.45, 2.75) is 57.1 Å². The predicted octanol–water partition coefficient (Wildman–Crippen LogP) is 1.61. The average Bonchev–Trinajstić information content (AvgIpc) is 2.74. The van der Waals surface area contributed by atoms with Crippen LogP contribution in [0.5, 0.6) is 0 Å². The molecule has 1 saturated heterocycles. The van der Waals surface area contributed by atoms with Crippen LogP contribution in [-0.4, -0.2) is 31.2 Å². The molecule has 1 saturated carbocycles. The Balaban J connectivity index is 0.00000162. The molecule has 5 heteroatoms. The van der Waals surface area contributed by atoms with Crippen molar-refractivity contribution in [3.05, 3.63) is 0 Å². The minimum Gasteiger partial charge on any atom is -0.376 e. The van der Waals surface area contributed by atoms with Crippen LogP contribution in [-0.2, 0) is 9.53 Å². The van der Waals surface area contributed by atoms with E-state index < -0.39 is 0 Å². The molecule has 0 bridgehead atoms. The third kappa shape index (κ3) is 4.75. The standard InChI is InChI=1S/C13H24N2O2.ClH/c14-12-6-3-4-10(12)8-13(16)15-9-11-5-1-2-7-17-11;/h10-12H,1-9,14H2,(H,15,16);1H/t10-,11?,12+;/m0./s1. The van der Waals surface area contributed by atoms with Gasteiger partial charge in [0.25, 0.3) is 0 Å². The Morgan fingerprint density at radius 3 is 2.67 bits per heavy atom. The fourth-order valence-corrected chi connectivity index (χ4v) is 2.83. The molecule has 0 aromatic rings. The lowest BCUT2D eigenvalue weighted by molar-refractivity contribution is -0.123. The molecule has 3 N–H and O–H groups in total. The molecule has 1 heterocycles. The third-order valence-corrected chi connectivity index (χ3v) is 3.97. The summed E-state index contributed by atoms with van der Waals surface area (Å²) in [5, 5.41) is 2.98. The normalized spacial score (nSPS) is 31.7. The Bertz CT molecular complexity index is 257. The van der Waals surface area contributed by atoms with Crippen LogP contribution >= 0.6 is 12.4 Å². The van der Waals surface area contributed by atoms with Gasteiger partial charge in [-0.15, -0.1) is 12.4 Å². The number of amides is 1. The number of halogens is 1. The Morgan fingerprint density at radius 2 is 2.06 bits per heavy atom. The molecule has 0 aromatic carbocycles. The van der Waals surface area contributed by atoms with Gasteiger partial charge in [-0.25, -0.2) is 0 Å². The van der Waals surface area contributed by atoms with Gasteiger partial charge < -0.3 is 15.8 Å². The van der Waals surface area contributed by atoms with Crippen LogP contribution in [0.2, 0.25) is 0 Å². The summed E-state index contributed by atoms with van der Waals surface area (Å²) in [6.45, 7) is 1.51. The maximum atomic E-state index is 11.8. The first-order valence-electron chi connectivity index (χ1n) is 6.89. The van der Waals surface area contributed by atoms with E-state index in [1.807, 2.05) is 0 Å². The van der Waals surface area contributed by atoms with Gasteiger partial charge >= 0.3 is 0 Å². The van der Waals surface area contributed by atoms with E-state index in [4.69, 9.17) is 10.5 Å². The number of carbonyl (C=O) groups is 1. The summed E-state index contributed by atoms with van der Waals surface area (Å²) < 4.78 is 5.58. The summed E-state index contributed by atoms with van der Waals surface area (Å²) in [5.74, 6) is 0.531. The van der Waals surface area contributed by atoms with Gasteiger partial charge in [-0.05, 0) is 38.0 Å². The first-order valence-corrected chi connectivity index (χ1v) is 6.89. The van der Waals surface area contributed by atoms with E-state index in [2.05, 4.69) is 5.32 Å². The molecule has 2 aliphatic rings. The quantitative estimate of drug-likeness (QED) is 0.820. The Kier molecular flexibility index (Phi) is 6.97. The van der Waals surface area contributed by atoms with Gasteiger partial charge in [0.15, 0.2) is 0 Å². The highest BCUT2D eigenvalue weighted by molar-refractivity contribution is 5.85. The average molecular weight is 277 g/mol. The van der Waals surface area contributed by atoms with E-state index in [-0.39, 0.29) is 30.5 Å². The summed E-state index contributed by atoms with van der Waals surface area (Å²) in [4.78, 5) is 11.8. The lowest BCUT2D eigenvalue weighted by atomic mass is 10.00. The minimum absolute atomic E-state index is 0. The smallest absolute Gasteiger partial charge is 0.220 e. The highest BCUT2D eigenvalue weighted by atomic mass is 35.5. The summed E-state index contributed by atoms with van der Waals surface area (Å²) in [6.07, 6.45) is 7.61. The molecule has 106 valence electrons. The molecular formula is C13H25ClN2O2. The van der Waals surface area contributed by atoms with Crippen LogP contribution in [0.4, 0.5) is 0 Å². The SMILES string of the molecule is Cl.N[C@@H]1CCC[C@H]1CC(=O)NCC1CCCCO1. The van der Waals surface area contributed by atoms with Crippen LogP contribution in [0.25, 0.3) is 0 Å². The fourth-order valence-electron chi connectivity index (χ4n) is 2.83. The number of hydrogen-bond acceptors (Lipinski definition) is 3. The fraction of sp³-hybridized carbons (Fsp3) is 0.923. The number of nitrogens with two attached hydrogens (primary N) is 1. The first kappa shape index (κ1) is 15.7. The first-order chi connectivity index (χ1) is 8.25. The van der Waals surface area contributed by atoms with Crippen LogP contribution in [0.15, 0.2) is 0 Å². The van der Waals surface area contributed by atoms with Gasteiger partial charge in [-0.1, -0.05) is 6.42 Å². The molecule has 4 nitrogen and oxygen atoms in total. The Hall–Kier alpha value is -0.320. The second-order valence-electron chi connectivity index (χ2n) is 5.35. The molecule has 2 rings (SSSR count). The van der Waals surface area contributed by atoms with Gasteiger partial charge in [0.2, 0.25) is 5.91 Å². The molecule has 18 heavy (non-hydrogen) atoms. The van der Waals surface area contributed by atoms with E-state index in [0.717, 1.165) is 32.3 Å². The molecule has 0 aromatic heterocycles. The summed E-state index contributed by atoms with van der Waals surface area (Å²) >= 11 is 0. The maximum absolute atomic E-state index is 11.8. The molecular weight excluding hydrogens is 252 g/mol. The molecule has 1 aliphatic carbocycles. The molecule has 1 unspecified atom stereocenters. The second-order valence-corrected chi connectivity index (χ2v) is 5.35. The zero-order valence-corrected chi connectivity index (χ0v) is 11.7. The van der Waals surface area contributed by atoms with Crippen LogP contribution in [0, 0.1) is 5.92 Å².